The lowest BCUT2D eigenvalue weighted by Gasteiger charge is -2.34. The zero-order valence-corrected chi connectivity index (χ0v) is 12.4. The van der Waals surface area contributed by atoms with Crippen molar-refractivity contribution in [1.82, 2.24) is 9.97 Å². The minimum atomic E-state index is -1.12. The Morgan fingerprint density at radius 2 is 1.91 bits per heavy atom. The van der Waals surface area contributed by atoms with E-state index in [2.05, 4.69) is 15.3 Å². The van der Waals surface area contributed by atoms with E-state index in [0.29, 0.717) is 24.7 Å². The molecule has 1 fully saturated rings. The summed E-state index contributed by atoms with van der Waals surface area (Å²) in [6.45, 7) is 1.43. The number of benzene rings is 1. The van der Waals surface area contributed by atoms with E-state index in [1.165, 1.54) is 12.1 Å². The molecule has 7 heteroatoms. The molecule has 0 amide bonds. The molecule has 23 heavy (non-hydrogen) atoms. The summed E-state index contributed by atoms with van der Waals surface area (Å²) in [6.07, 6.45) is 5.06. The Hall–Kier alpha value is -2.70. The topological polar surface area (TPSA) is 78.4 Å². The minimum absolute atomic E-state index is 0.0297. The average Bonchev–Trinajstić information content (AvgIpc) is 2.56. The first-order valence-corrected chi connectivity index (χ1v) is 7.44. The molecule has 1 saturated heterocycles. The smallest absolute Gasteiger partial charge is 0.335 e. The number of carboxylic acids is 1. The lowest BCUT2D eigenvalue weighted by molar-refractivity contribution is 0.0696. The Morgan fingerprint density at radius 3 is 2.57 bits per heavy atom. The van der Waals surface area contributed by atoms with Crippen molar-refractivity contribution < 1.29 is 14.3 Å². The maximum Gasteiger partial charge on any atom is 0.335 e. The molecule has 0 saturated carbocycles. The van der Waals surface area contributed by atoms with Gasteiger partial charge in [0.25, 0.3) is 0 Å². The van der Waals surface area contributed by atoms with Crippen LogP contribution >= 0.6 is 0 Å². The van der Waals surface area contributed by atoms with Crippen LogP contribution in [0.25, 0.3) is 0 Å². The summed E-state index contributed by atoms with van der Waals surface area (Å²) < 4.78 is 13.6. The molecule has 1 aromatic carbocycles. The first-order chi connectivity index (χ1) is 11.1. The Kier molecular flexibility index (Phi) is 4.36. The Bertz CT molecular complexity index is 688. The number of carboxylic acid groups (broad SMARTS) is 1. The molecule has 1 aliphatic heterocycles. The number of aromatic nitrogens is 2. The average molecular weight is 316 g/mol. The van der Waals surface area contributed by atoms with Crippen molar-refractivity contribution in [1.29, 1.82) is 0 Å². The highest BCUT2D eigenvalue weighted by Crippen LogP contribution is 2.23. The van der Waals surface area contributed by atoms with Crippen LogP contribution in [0, 0.1) is 5.82 Å². The summed E-state index contributed by atoms with van der Waals surface area (Å²) in [5.74, 6) is -1.05. The fraction of sp³-hybridized carbons (Fsp3) is 0.312. The third-order valence-corrected chi connectivity index (χ3v) is 3.89. The number of anilines is 2. The summed E-state index contributed by atoms with van der Waals surface area (Å²) in [4.78, 5) is 21.3. The fourth-order valence-corrected chi connectivity index (χ4v) is 2.72. The molecule has 120 valence electrons. The molecule has 2 N–H and O–H groups in total. The van der Waals surface area contributed by atoms with E-state index in [0.717, 1.165) is 18.9 Å². The number of nitrogens with zero attached hydrogens (tertiary/aromatic N) is 3. The normalized spacial score (nSPS) is 15.4. The molecule has 0 spiro atoms. The molecule has 3 rings (SSSR count). The maximum atomic E-state index is 13.6. The van der Waals surface area contributed by atoms with Crippen molar-refractivity contribution in [3.8, 4) is 0 Å². The SMILES string of the molecule is O=C(O)c1cc(F)cc(N2CCC(Nc3ncccn3)CC2)c1. The molecule has 0 radical (unpaired) electrons. The molecule has 0 aliphatic carbocycles. The van der Waals surface area contributed by atoms with Gasteiger partial charge in [-0.05, 0) is 37.1 Å². The zero-order valence-electron chi connectivity index (χ0n) is 12.4. The van der Waals surface area contributed by atoms with Gasteiger partial charge < -0.3 is 15.3 Å². The molecule has 2 aromatic rings. The highest BCUT2D eigenvalue weighted by molar-refractivity contribution is 5.88. The van der Waals surface area contributed by atoms with Crippen molar-refractivity contribution in [3.63, 3.8) is 0 Å². The summed E-state index contributed by atoms with van der Waals surface area (Å²) in [5.41, 5.74) is 0.578. The summed E-state index contributed by atoms with van der Waals surface area (Å²) >= 11 is 0. The Morgan fingerprint density at radius 1 is 1.22 bits per heavy atom. The minimum Gasteiger partial charge on any atom is -0.478 e. The van der Waals surface area contributed by atoms with Gasteiger partial charge in [0.05, 0.1) is 5.56 Å². The van der Waals surface area contributed by atoms with Crippen molar-refractivity contribution in [2.75, 3.05) is 23.3 Å². The molecule has 1 aliphatic rings. The van der Waals surface area contributed by atoms with E-state index in [9.17, 15) is 9.18 Å². The van der Waals surface area contributed by atoms with E-state index in [1.54, 1.807) is 18.5 Å². The fourth-order valence-electron chi connectivity index (χ4n) is 2.72. The highest BCUT2D eigenvalue weighted by atomic mass is 19.1. The van der Waals surface area contributed by atoms with Gasteiger partial charge in [-0.1, -0.05) is 0 Å². The quantitative estimate of drug-likeness (QED) is 0.902. The number of rotatable bonds is 4. The van der Waals surface area contributed by atoms with Crippen LogP contribution in [0.2, 0.25) is 0 Å². The van der Waals surface area contributed by atoms with Crippen LogP contribution < -0.4 is 10.2 Å². The predicted molar refractivity (Wildman–Crippen MR) is 84.2 cm³/mol. The third kappa shape index (κ3) is 3.74. The van der Waals surface area contributed by atoms with Gasteiger partial charge in [-0.15, -0.1) is 0 Å². The van der Waals surface area contributed by atoms with Gasteiger partial charge in [-0.25, -0.2) is 19.2 Å². The van der Waals surface area contributed by atoms with E-state index in [4.69, 9.17) is 5.11 Å². The van der Waals surface area contributed by atoms with Crippen molar-refractivity contribution in [3.05, 3.63) is 48.0 Å². The van der Waals surface area contributed by atoms with E-state index in [1.807, 2.05) is 4.90 Å². The summed E-state index contributed by atoms with van der Waals surface area (Å²) in [6, 6.07) is 5.94. The number of aromatic carboxylic acids is 1. The Balaban J connectivity index is 1.64. The van der Waals surface area contributed by atoms with Gasteiger partial charge in [0.1, 0.15) is 5.82 Å². The van der Waals surface area contributed by atoms with Crippen LogP contribution in [0.4, 0.5) is 16.0 Å². The van der Waals surface area contributed by atoms with E-state index < -0.39 is 11.8 Å². The lowest BCUT2D eigenvalue weighted by Crippen LogP contribution is -2.39. The van der Waals surface area contributed by atoms with Gasteiger partial charge in [-0.2, -0.15) is 0 Å². The summed E-state index contributed by atoms with van der Waals surface area (Å²) in [7, 11) is 0. The molecule has 2 heterocycles. The second-order valence-electron chi connectivity index (χ2n) is 5.48. The van der Waals surface area contributed by atoms with Crippen LogP contribution in [-0.4, -0.2) is 40.2 Å². The molecule has 0 bridgehead atoms. The lowest BCUT2D eigenvalue weighted by atomic mass is 10.0. The van der Waals surface area contributed by atoms with Crippen LogP contribution in [-0.2, 0) is 0 Å². The number of hydrogen-bond acceptors (Lipinski definition) is 5. The highest BCUT2D eigenvalue weighted by Gasteiger charge is 2.21. The predicted octanol–water partition coefficient (Wildman–Crippen LogP) is 2.39. The van der Waals surface area contributed by atoms with Crippen molar-refractivity contribution >= 4 is 17.6 Å². The zero-order chi connectivity index (χ0) is 16.2. The van der Waals surface area contributed by atoms with Crippen LogP contribution in [0.5, 0.6) is 0 Å². The van der Waals surface area contributed by atoms with Crippen LogP contribution in [0.1, 0.15) is 23.2 Å². The molecule has 0 unspecified atom stereocenters. The number of halogens is 1. The summed E-state index contributed by atoms with van der Waals surface area (Å²) in [5, 5.41) is 12.3. The monoisotopic (exact) mass is 316 g/mol. The molecule has 0 atom stereocenters. The van der Waals surface area contributed by atoms with E-state index >= 15 is 0 Å². The van der Waals surface area contributed by atoms with Crippen molar-refractivity contribution in [2.24, 2.45) is 0 Å². The van der Waals surface area contributed by atoms with Crippen molar-refractivity contribution in [2.45, 2.75) is 18.9 Å². The number of hydrogen-bond donors (Lipinski definition) is 2. The first-order valence-electron chi connectivity index (χ1n) is 7.44. The number of piperidine rings is 1. The van der Waals surface area contributed by atoms with Gasteiger partial charge in [0.2, 0.25) is 5.95 Å². The standard InChI is InChI=1S/C16H17FN4O2/c17-12-8-11(15(22)23)9-14(10-12)21-6-2-13(3-7-21)20-16-18-4-1-5-19-16/h1,4-5,8-10,13H,2-3,6-7H2,(H,22,23)(H,18,19,20). The molecular weight excluding hydrogens is 299 g/mol. The second kappa shape index (κ2) is 6.60. The van der Waals surface area contributed by atoms with Crippen LogP contribution in [0.15, 0.2) is 36.7 Å². The van der Waals surface area contributed by atoms with Gasteiger partial charge in [0.15, 0.2) is 0 Å². The largest absolute Gasteiger partial charge is 0.478 e. The van der Waals surface area contributed by atoms with Gasteiger partial charge in [-0.3, -0.25) is 0 Å². The molecule has 1 aromatic heterocycles. The van der Waals surface area contributed by atoms with Gasteiger partial charge in [0, 0.05) is 37.2 Å². The number of nitrogens with one attached hydrogen (secondary N) is 1. The van der Waals surface area contributed by atoms with Gasteiger partial charge >= 0.3 is 5.97 Å². The molecular formula is C16H17FN4O2. The van der Waals surface area contributed by atoms with E-state index in [-0.39, 0.29) is 11.6 Å². The first kappa shape index (κ1) is 15.2. The van der Waals surface area contributed by atoms with Crippen LogP contribution in [0.3, 0.4) is 0 Å². The Labute approximate surface area is 133 Å². The third-order valence-electron chi connectivity index (χ3n) is 3.89. The maximum absolute atomic E-state index is 13.6. The number of carbonyl (C=O) groups is 1. The molecule has 6 nitrogen and oxygen atoms in total. The second-order valence-corrected chi connectivity index (χ2v) is 5.48.